The first-order valence-corrected chi connectivity index (χ1v) is 6.61. The summed E-state index contributed by atoms with van der Waals surface area (Å²) in [6.07, 6.45) is 1.16. The molecule has 0 fully saturated rings. The fourth-order valence-corrected chi connectivity index (χ4v) is 2.02. The molecule has 0 saturated carbocycles. The summed E-state index contributed by atoms with van der Waals surface area (Å²) in [4.78, 5) is 0. The molecule has 0 bridgehead atoms. The molecule has 0 aromatic heterocycles. The van der Waals surface area contributed by atoms with E-state index in [1.165, 1.54) is 16.8 Å². The van der Waals surface area contributed by atoms with Crippen molar-refractivity contribution >= 4 is 5.69 Å². The van der Waals surface area contributed by atoms with Gasteiger partial charge in [0.25, 0.3) is 0 Å². The Morgan fingerprint density at radius 1 is 0.833 bits per heavy atom. The monoisotopic (exact) mass is 239 g/mol. The number of hydrogen-bond donors (Lipinski definition) is 1. The van der Waals surface area contributed by atoms with Crippen LogP contribution in [-0.2, 0) is 13.0 Å². The average molecular weight is 239 g/mol. The number of anilines is 1. The van der Waals surface area contributed by atoms with Gasteiger partial charge in [0.05, 0.1) is 0 Å². The minimum absolute atomic E-state index is 0.721. The fraction of sp³-hybridized carbons (Fsp3) is 0.294. The second-order valence-electron chi connectivity index (χ2n) is 5.13. The molecule has 2 rings (SSSR count). The molecule has 0 aliphatic heterocycles. The zero-order valence-corrected chi connectivity index (χ0v) is 11.2. The van der Waals surface area contributed by atoms with Crippen LogP contribution in [0.5, 0.6) is 0 Å². The van der Waals surface area contributed by atoms with E-state index in [0.717, 1.165) is 18.9 Å². The molecule has 0 saturated heterocycles. The van der Waals surface area contributed by atoms with E-state index >= 15 is 0 Å². The van der Waals surface area contributed by atoms with Crippen LogP contribution in [0.3, 0.4) is 0 Å². The van der Waals surface area contributed by atoms with Gasteiger partial charge >= 0.3 is 0 Å². The molecule has 0 atom stereocenters. The minimum Gasteiger partial charge on any atom is -0.381 e. The maximum Gasteiger partial charge on any atom is 0.0400 e. The molecule has 0 amide bonds. The van der Waals surface area contributed by atoms with Crippen LogP contribution in [0, 0.1) is 5.92 Å². The predicted octanol–water partition coefficient (Wildman–Crippen LogP) is 4.50. The van der Waals surface area contributed by atoms with Gasteiger partial charge in [0, 0.05) is 12.2 Å². The zero-order chi connectivity index (χ0) is 12.8. The first-order chi connectivity index (χ1) is 8.74. The molecule has 0 aliphatic rings. The number of benzene rings is 2. The normalized spacial score (nSPS) is 10.6. The van der Waals surface area contributed by atoms with Crippen molar-refractivity contribution < 1.29 is 0 Å². The molecule has 2 aromatic rings. The molecule has 0 unspecified atom stereocenters. The number of para-hydroxylation sites is 1. The van der Waals surface area contributed by atoms with Crippen molar-refractivity contribution in [3.63, 3.8) is 0 Å². The summed E-state index contributed by atoms with van der Waals surface area (Å²) >= 11 is 0. The van der Waals surface area contributed by atoms with Gasteiger partial charge in [-0.15, -0.1) is 0 Å². The lowest BCUT2D eigenvalue weighted by Gasteiger charge is -2.08. The molecule has 0 radical (unpaired) electrons. The Balaban J connectivity index is 1.90. The van der Waals surface area contributed by atoms with E-state index in [0.29, 0.717) is 0 Å². The lowest BCUT2D eigenvalue weighted by Crippen LogP contribution is -2.00. The molecule has 0 spiro atoms. The van der Waals surface area contributed by atoms with E-state index in [1.807, 2.05) is 18.2 Å². The highest BCUT2D eigenvalue weighted by Gasteiger charge is 1.98. The highest BCUT2D eigenvalue weighted by Crippen LogP contribution is 2.12. The summed E-state index contributed by atoms with van der Waals surface area (Å²) in [6, 6.07) is 19.2. The summed E-state index contributed by atoms with van der Waals surface area (Å²) in [5.41, 5.74) is 3.92. The quantitative estimate of drug-likeness (QED) is 0.810. The highest BCUT2D eigenvalue weighted by molar-refractivity contribution is 5.43. The molecular formula is C17H21N. The van der Waals surface area contributed by atoms with E-state index in [1.54, 1.807) is 0 Å². The topological polar surface area (TPSA) is 12.0 Å². The van der Waals surface area contributed by atoms with E-state index in [9.17, 15) is 0 Å². The van der Waals surface area contributed by atoms with Crippen molar-refractivity contribution in [2.75, 3.05) is 5.32 Å². The SMILES string of the molecule is CC(C)Cc1ccc(CNc2ccccc2)cc1. The molecule has 0 heterocycles. The van der Waals surface area contributed by atoms with Crippen LogP contribution in [0.25, 0.3) is 0 Å². The first kappa shape index (κ1) is 12.7. The molecule has 2 aromatic carbocycles. The first-order valence-electron chi connectivity index (χ1n) is 6.61. The maximum absolute atomic E-state index is 3.42. The predicted molar refractivity (Wildman–Crippen MR) is 78.8 cm³/mol. The van der Waals surface area contributed by atoms with Crippen molar-refractivity contribution in [3.8, 4) is 0 Å². The fourth-order valence-electron chi connectivity index (χ4n) is 2.02. The smallest absolute Gasteiger partial charge is 0.0400 e. The van der Waals surface area contributed by atoms with Crippen LogP contribution >= 0.6 is 0 Å². The highest BCUT2D eigenvalue weighted by atomic mass is 14.9. The Labute approximate surface area is 110 Å². The van der Waals surface area contributed by atoms with Crippen molar-refractivity contribution in [3.05, 3.63) is 65.7 Å². The van der Waals surface area contributed by atoms with Gasteiger partial charge in [-0.05, 0) is 35.6 Å². The van der Waals surface area contributed by atoms with Crippen molar-refractivity contribution in [2.24, 2.45) is 5.92 Å². The number of hydrogen-bond acceptors (Lipinski definition) is 1. The van der Waals surface area contributed by atoms with Gasteiger partial charge in [-0.3, -0.25) is 0 Å². The Morgan fingerprint density at radius 2 is 1.44 bits per heavy atom. The summed E-state index contributed by atoms with van der Waals surface area (Å²) in [5.74, 6) is 0.721. The van der Waals surface area contributed by atoms with Gasteiger partial charge in [-0.2, -0.15) is 0 Å². The third-order valence-electron chi connectivity index (χ3n) is 2.94. The second-order valence-corrected chi connectivity index (χ2v) is 5.13. The van der Waals surface area contributed by atoms with E-state index in [2.05, 4.69) is 55.6 Å². The van der Waals surface area contributed by atoms with Crippen molar-refractivity contribution in [1.29, 1.82) is 0 Å². The molecule has 94 valence electrons. The van der Waals surface area contributed by atoms with Crippen LogP contribution in [0.4, 0.5) is 5.69 Å². The summed E-state index contributed by atoms with van der Waals surface area (Å²) in [5, 5.41) is 3.42. The molecule has 18 heavy (non-hydrogen) atoms. The van der Waals surface area contributed by atoms with Gasteiger partial charge in [0.1, 0.15) is 0 Å². The van der Waals surface area contributed by atoms with Crippen molar-refractivity contribution in [2.45, 2.75) is 26.8 Å². The van der Waals surface area contributed by atoms with Crippen LogP contribution < -0.4 is 5.32 Å². The molecule has 1 N–H and O–H groups in total. The summed E-state index contributed by atoms with van der Waals surface area (Å²) in [7, 11) is 0. The largest absolute Gasteiger partial charge is 0.381 e. The van der Waals surface area contributed by atoms with Gasteiger partial charge < -0.3 is 5.32 Å². The lowest BCUT2D eigenvalue weighted by molar-refractivity contribution is 0.647. The van der Waals surface area contributed by atoms with Crippen LogP contribution in [0.15, 0.2) is 54.6 Å². The summed E-state index contributed by atoms with van der Waals surface area (Å²) in [6.45, 7) is 5.39. The second kappa shape index (κ2) is 6.25. The van der Waals surface area contributed by atoms with Gasteiger partial charge in [0.2, 0.25) is 0 Å². The Morgan fingerprint density at radius 3 is 2.06 bits per heavy atom. The standard InChI is InChI=1S/C17H21N/c1-14(2)12-15-8-10-16(11-9-15)13-18-17-6-4-3-5-7-17/h3-11,14,18H,12-13H2,1-2H3. The van der Waals surface area contributed by atoms with Gasteiger partial charge in [-0.25, -0.2) is 0 Å². The average Bonchev–Trinajstić information content (AvgIpc) is 2.38. The molecular weight excluding hydrogens is 218 g/mol. The third kappa shape index (κ3) is 3.92. The van der Waals surface area contributed by atoms with Crippen LogP contribution in [0.2, 0.25) is 0 Å². The molecule has 1 heteroatoms. The lowest BCUT2D eigenvalue weighted by atomic mass is 10.0. The Bertz CT molecular complexity index is 457. The number of rotatable bonds is 5. The third-order valence-corrected chi connectivity index (χ3v) is 2.94. The Kier molecular flexibility index (Phi) is 4.40. The van der Waals surface area contributed by atoms with E-state index in [4.69, 9.17) is 0 Å². The molecule has 0 aliphatic carbocycles. The van der Waals surface area contributed by atoms with E-state index < -0.39 is 0 Å². The Hall–Kier alpha value is -1.76. The van der Waals surface area contributed by atoms with Gasteiger partial charge in [-0.1, -0.05) is 56.3 Å². The minimum atomic E-state index is 0.721. The van der Waals surface area contributed by atoms with Crippen LogP contribution in [0.1, 0.15) is 25.0 Å². The summed E-state index contributed by atoms with van der Waals surface area (Å²) < 4.78 is 0. The van der Waals surface area contributed by atoms with Crippen molar-refractivity contribution in [1.82, 2.24) is 0 Å². The van der Waals surface area contributed by atoms with Gasteiger partial charge in [0.15, 0.2) is 0 Å². The maximum atomic E-state index is 3.42. The van der Waals surface area contributed by atoms with Crippen LogP contribution in [-0.4, -0.2) is 0 Å². The zero-order valence-electron chi connectivity index (χ0n) is 11.2. The number of nitrogens with one attached hydrogen (secondary N) is 1. The van der Waals surface area contributed by atoms with E-state index in [-0.39, 0.29) is 0 Å². The molecule has 1 nitrogen and oxygen atoms in total.